The number of rotatable bonds is 7. The first-order chi connectivity index (χ1) is 9.40. The summed E-state index contributed by atoms with van der Waals surface area (Å²) < 4.78 is 26.1. The monoisotopic (exact) mass is 315 g/mol. The van der Waals surface area contributed by atoms with Crippen molar-refractivity contribution in [2.24, 2.45) is 0 Å². The Morgan fingerprint density at radius 2 is 2.30 bits per heavy atom. The average molecular weight is 315 g/mol. The Morgan fingerprint density at radius 1 is 1.60 bits per heavy atom. The van der Waals surface area contributed by atoms with Gasteiger partial charge in [0.1, 0.15) is 22.7 Å². The molecule has 0 aliphatic rings. The van der Waals surface area contributed by atoms with Crippen LogP contribution in [0, 0.1) is 11.3 Å². The van der Waals surface area contributed by atoms with E-state index in [1.54, 1.807) is 12.3 Å². The lowest BCUT2D eigenvalue weighted by atomic mass is 10.2. The molecule has 0 unspecified atom stereocenters. The van der Waals surface area contributed by atoms with Crippen LogP contribution in [-0.4, -0.2) is 42.5 Å². The number of aromatic nitrogens is 1. The molecule has 108 valence electrons. The summed E-state index contributed by atoms with van der Waals surface area (Å²) in [6.45, 7) is 0. The second kappa shape index (κ2) is 7.23. The van der Waals surface area contributed by atoms with Crippen LogP contribution < -0.4 is 4.72 Å². The van der Waals surface area contributed by atoms with Gasteiger partial charge in [-0.2, -0.15) is 21.7 Å². The third-order valence-corrected chi connectivity index (χ3v) is 4.47. The second-order valence-corrected chi connectivity index (χ2v) is 6.48. The molecule has 0 bridgehead atoms. The molecule has 0 amide bonds. The zero-order valence-electron chi connectivity index (χ0n) is 10.6. The minimum Gasteiger partial charge on any atom is -0.480 e. The Balaban J connectivity index is 2.91. The number of carboxylic acid groups (broad SMARTS) is 1. The number of aliphatic carboxylic acids is 1. The summed E-state index contributed by atoms with van der Waals surface area (Å²) in [6.07, 6.45) is 3.01. The van der Waals surface area contributed by atoms with E-state index in [9.17, 15) is 13.2 Å². The topological polar surface area (TPSA) is 120 Å². The van der Waals surface area contributed by atoms with Crippen molar-refractivity contribution in [2.45, 2.75) is 17.4 Å². The molecule has 0 saturated carbocycles. The minimum atomic E-state index is -3.97. The number of pyridine rings is 1. The molecule has 0 saturated heterocycles. The maximum Gasteiger partial charge on any atom is 0.321 e. The molecule has 0 radical (unpaired) electrons. The third kappa shape index (κ3) is 4.48. The lowest BCUT2D eigenvalue weighted by molar-refractivity contribution is -0.139. The summed E-state index contributed by atoms with van der Waals surface area (Å²) >= 11 is 1.43. The van der Waals surface area contributed by atoms with E-state index in [0.717, 1.165) is 6.20 Å². The summed E-state index contributed by atoms with van der Waals surface area (Å²) in [6, 6.07) is 3.04. The highest BCUT2D eigenvalue weighted by Crippen LogP contribution is 2.10. The molecular weight excluding hydrogens is 302 g/mol. The van der Waals surface area contributed by atoms with Crippen molar-refractivity contribution in [2.75, 3.05) is 12.0 Å². The molecule has 0 spiro atoms. The van der Waals surface area contributed by atoms with Crippen LogP contribution in [0.5, 0.6) is 0 Å². The van der Waals surface area contributed by atoms with E-state index in [1.165, 1.54) is 23.9 Å². The molecule has 1 rings (SSSR count). The molecule has 1 heterocycles. The normalized spacial score (nSPS) is 12.6. The maximum absolute atomic E-state index is 12.0. The standard InChI is InChI=1S/C11H13N3O4S2/c1-19-5-4-10(11(15)16)14-20(17,18)9-3-2-8(6-12)13-7-9/h2-3,7,10,14H,4-5H2,1H3,(H,15,16)/t10-/m0/s1. The van der Waals surface area contributed by atoms with E-state index in [-0.39, 0.29) is 17.0 Å². The smallest absolute Gasteiger partial charge is 0.321 e. The lowest BCUT2D eigenvalue weighted by Gasteiger charge is -2.14. The van der Waals surface area contributed by atoms with E-state index < -0.39 is 22.0 Å². The fourth-order valence-electron chi connectivity index (χ4n) is 1.33. The van der Waals surface area contributed by atoms with Gasteiger partial charge in [-0.25, -0.2) is 13.4 Å². The van der Waals surface area contributed by atoms with Gasteiger partial charge in [0.15, 0.2) is 0 Å². The highest BCUT2D eigenvalue weighted by molar-refractivity contribution is 7.98. The van der Waals surface area contributed by atoms with Crippen LogP contribution in [-0.2, 0) is 14.8 Å². The van der Waals surface area contributed by atoms with Crippen molar-refractivity contribution in [3.63, 3.8) is 0 Å². The van der Waals surface area contributed by atoms with E-state index in [4.69, 9.17) is 10.4 Å². The van der Waals surface area contributed by atoms with Gasteiger partial charge in [0.25, 0.3) is 0 Å². The van der Waals surface area contributed by atoms with Crippen LogP contribution in [0.4, 0.5) is 0 Å². The van der Waals surface area contributed by atoms with E-state index in [2.05, 4.69) is 9.71 Å². The Labute approximate surface area is 121 Å². The highest BCUT2D eigenvalue weighted by atomic mass is 32.2. The molecule has 1 atom stereocenters. The number of thioether (sulfide) groups is 1. The van der Waals surface area contributed by atoms with Crippen LogP contribution >= 0.6 is 11.8 Å². The summed E-state index contributed by atoms with van der Waals surface area (Å²) in [4.78, 5) is 14.5. The van der Waals surface area contributed by atoms with Gasteiger partial charge in [-0.1, -0.05) is 0 Å². The van der Waals surface area contributed by atoms with Gasteiger partial charge < -0.3 is 5.11 Å². The van der Waals surface area contributed by atoms with Gasteiger partial charge in [-0.15, -0.1) is 0 Å². The molecule has 2 N–H and O–H groups in total. The van der Waals surface area contributed by atoms with Gasteiger partial charge in [0.05, 0.1) is 0 Å². The number of hydrogen-bond donors (Lipinski definition) is 2. The SMILES string of the molecule is CSCC[C@H](NS(=O)(=O)c1ccc(C#N)nc1)C(=O)O. The molecule has 7 nitrogen and oxygen atoms in total. The van der Waals surface area contributed by atoms with Gasteiger partial charge in [0, 0.05) is 6.20 Å². The molecule has 1 aromatic heterocycles. The fraction of sp³-hybridized carbons (Fsp3) is 0.364. The number of nitriles is 1. The second-order valence-electron chi connectivity index (χ2n) is 3.78. The molecule has 20 heavy (non-hydrogen) atoms. The van der Waals surface area contributed by atoms with E-state index in [0.29, 0.717) is 5.75 Å². The highest BCUT2D eigenvalue weighted by Gasteiger charge is 2.25. The Bertz CT molecular complexity index is 608. The summed E-state index contributed by atoms with van der Waals surface area (Å²) in [5.74, 6) is -0.713. The van der Waals surface area contributed by atoms with Crippen LogP contribution in [0.2, 0.25) is 0 Å². The Morgan fingerprint density at radius 3 is 2.75 bits per heavy atom. The predicted octanol–water partition coefficient (Wildman–Crippen LogP) is 0.438. The maximum atomic E-state index is 12.0. The summed E-state index contributed by atoms with van der Waals surface area (Å²) in [5, 5.41) is 17.6. The van der Waals surface area contributed by atoms with Gasteiger partial charge in [-0.3, -0.25) is 4.79 Å². The van der Waals surface area contributed by atoms with Gasteiger partial charge >= 0.3 is 5.97 Å². The number of nitrogens with one attached hydrogen (secondary N) is 1. The molecular formula is C11H13N3O4S2. The number of carbonyl (C=O) groups is 1. The number of sulfonamides is 1. The van der Waals surface area contributed by atoms with Crippen molar-refractivity contribution < 1.29 is 18.3 Å². The van der Waals surface area contributed by atoms with Crippen LogP contribution in [0.1, 0.15) is 12.1 Å². The summed E-state index contributed by atoms with van der Waals surface area (Å²) in [7, 11) is -3.97. The zero-order valence-corrected chi connectivity index (χ0v) is 12.2. The first kappa shape index (κ1) is 16.4. The number of carboxylic acids is 1. The molecule has 1 aromatic rings. The van der Waals surface area contributed by atoms with Crippen molar-refractivity contribution in [3.05, 3.63) is 24.0 Å². The largest absolute Gasteiger partial charge is 0.480 e. The van der Waals surface area contributed by atoms with Crippen LogP contribution in [0.15, 0.2) is 23.2 Å². The van der Waals surface area contributed by atoms with E-state index >= 15 is 0 Å². The molecule has 9 heteroatoms. The summed E-state index contributed by atoms with van der Waals surface area (Å²) in [5.41, 5.74) is 0.0844. The number of hydrogen-bond acceptors (Lipinski definition) is 6. The van der Waals surface area contributed by atoms with Gasteiger partial charge in [0.2, 0.25) is 10.0 Å². The first-order valence-electron chi connectivity index (χ1n) is 5.51. The van der Waals surface area contributed by atoms with Crippen molar-refractivity contribution in [1.29, 1.82) is 5.26 Å². The van der Waals surface area contributed by atoms with E-state index in [1.807, 2.05) is 0 Å². The molecule has 0 fully saturated rings. The number of nitrogens with zero attached hydrogens (tertiary/aromatic N) is 2. The zero-order chi connectivity index (χ0) is 15.2. The Kier molecular flexibility index (Phi) is 5.94. The fourth-order valence-corrected chi connectivity index (χ4v) is 2.97. The van der Waals surface area contributed by atoms with Crippen molar-refractivity contribution in [3.8, 4) is 6.07 Å². The van der Waals surface area contributed by atoms with Gasteiger partial charge in [-0.05, 0) is 30.6 Å². The Hall–Kier alpha value is -1.63. The lowest BCUT2D eigenvalue weighted by Crippen LogP contribution is -2.41. The van der Waals surface area contributed by atoms with Crippen LogP contribution in [0.3, 0.4) is 0 Å². The van der Waals surface area contributed by atoms with Crippen LogP contribution in [0.25, 0.3) is 0 Å². The predicted molar refractivity (Wildman–Crippen MR) is 73.7 cm³/mol. The quantitative estimate of drug-likeness (QED) is 0.749. The first-order valence-corrected chi connectivity index (χ1v) is 8.38. The molecule has 0 aromatic carbocycles. The van der Waals surface area contributed by atoms with Crippen molar-refractivity contribution >= 4 is 27.8 Å². The molecule has 0 aliphatic heterocycles. The van der Waals surface area contributed by atoms with Crippen molar-refractivity contribution in [1.82, 2.24) is 9.71 Å². The minimum absolute atomic E-state index is 0.0844. The average Bonchev–Trinajstić information content (AvgIpc) is 2.43. The third-order valence-electron chi connectivity index (χ3n) is 2.37. The molecule has 0 aliphatic carbocycles.